The quantitative estimate of drug-likeness (QED) is 0.857. The van der Waals surface area contributed by atoms with Gasteiger partial charge in [-0.2, -0.15) is 0 Å². The Bertz CT molecular complexity index is 980. The van der Waals surface area contributed by atoms with Crippen molar-refractivity contribution in [2.45, 2.75) is 25.2 Å². The number of pyridine rings is 1. The molecule has 1 unspecified atom stereocenters. The number of carbonyl (C=O) groups excluding carboxylic acids is 1. The number of aromatic nitrogens is 1. The number of carbonyl (C=O) groups is 1. The Morgan fingerprint density at radius 2 is 2.04 bits per heavy atom. The molecular formula is C19H14F2N2O. The van der Waals surface area contributed by atoms with Crippen LogP contribution in [0.2, 0.25) is 0 Å². The molecule has 24 heavy (non-hydrogen) atoms. The zero-order chi connectivity index (χ0) is 16.7. The summed E-state index contributed by atoms with van der Waals surface area (Å²) in [5.41, 5.74) is 11.1. The van der Waals surface area contributed by atoms with Gasteiger partial charge in [-0.25, -0.2) is 13.8 Å². The fourth-order valence-electron chi connectivity index (χ4n) is 4.47. The molecule has 0 aliphatic heterocycles. The number of benzene rings is 1. The van der Waals surface area contributed by atoms with Gasteiger partial charge in [0.1, 0.15) is 17.3 Å². The molecule has 1 amide bonds. The summed E-state index contributed by atoms with van der Waals surface area (Å²) in [5.74, 6) is -0.982. The first kappa shape index (κ1) is 13.8. The predicted octanol–water partition coefficient (Wildman–Crippen LogP) is 3.66. The van der Waals surface area contributed by atoms with Crippen LogP contribution in [0.5, 0.6) is 0 Å². The van der Waals surface area contributed by atoms with E-state index in [0.717, 1.165) is 23.7 Å². The van der Waals surface area contributed by atoms with E-state index in [9.17, 15) is 13.6 Å². The monoisotopic (exact) mass is 324 g/mol. The van der Waals surface area contributed by atoms with E-state index in [1.54, 1.807) is 6.07 Å². The van der Waals surface area contributed by atoms with Crippen molar-refractivity contribution in [2.24, 2.45) is 11.7 Å². The van der Waals surface area contributed by atoms with Gasteiger partial charge in [-0.05, 0) is 41.7 Å². The third-order valence-electron chi connectivity index (χ3n) is 5.65. The largest absolute Gasteiger partial charge is 0.364 e. The van der Waals surface area contributed by atoms with Crippen molar-refractivity contribution in [1.82, 2.24) is 4.98 Å². The summed E-state index contributed by atoms with van der Waals surface area (Å²) in [4.78, 5) is 16.2. The summed E-state index contributed by atoms with van der Waals surface area (Å²) < 4.78 is 27.7. The second-order valence-electron chi connectivity index (χ2n) is 6.83. The van der Waals surface area contributed by atoms with E-state index in [1.165, 1.54) is 23.3 Å². The van der Waals surface area contributed by atoms with Crippen molar-refractivity contribution in [3.8, 4) is 11.1 Å². The normalized spacial score (nSPS) is 25.7. The van der Waals surface area contributed by atoms with Crippen molar-refractivity contribution in [3.63, 3.8) is 0 Å². The minimum Gasteiger partial charge on any atom is -0.364 e. The number of hydrogen-bond donors (Lipinski definition) is 1. The molecule has 0 radical (unpaired) electrons. The Balaban J connectivity index is 1.80. The molecule has 1 heterocycles. The topological polar surface area (TPSA) is 56.0 Å². The maximum Gasteiger partial charge on any atom is 0.267 e. The summed E-state index contributed by atoms with van der Waals surface area (Å²) in [7, 11) is 0. The Morgan fingerprint density at radius 3 is 2.75 bits per heavy atom. The Labute approximate surface area is 137 Å². The van der Waals surface area contributed by atoms with Crippen LogP contribution in [0.1, 0.15) is 46.9 Å². The number of primary amides is 1. The number of hydrogen-bond acceptors (Lipinski definition) is 2. The van der Waals surface area contributed by atoms with Crippen LogP contribution < -0.4 is 5.73 Å². The van der Waals surface area contributed by atoms with Crippen molar-refractivity contribution < 1.29 is 13.6 Å². The van der Waals surface area contributed by atoms with Crippen LogP contribution in [-0.4, -0.2) is 10.9 Å². The lowest BCUT2D eigenvalue weighted by molar-refractivity contribution is 0.0995. The molecule has 3 nitrogen and oxygen atoms in total. The van der Waals surface area contributed by atoms with Crippen molar-refractivity contribution in [2.75, 3.05) is 0 Å². The van der Waals surface area contributed by atoms with Gasteiger partial charge in [-0.15, -0.1) is 0 Å². The van der Waals surface area contributed by atoms with Crippen LogP contribution in [0.15, 0.2) is 35.4 Å². The van der Waals surface area contributed by atoms with E-state index in [-0.39, 0.29) is 23.1 Å². The molecule has 3 atom stereocenters. The first-order chi connectivity index (χ1) is 11.5. The molecule has 1 fully saturated rings. The standard InChI is InChI=1S/C19H14F2N2O/c1-7-10-5-12-16(10)17(12)18-15(7)11(6-14(23-18)19(22)24)9-3-2-8(20)4-13(9)21/h2-4,6-7,12,17H,5H2,1H3,(H2,22,24)/t7-,12?,17-/m1/s1. The van der Waals surface area contributed by atoms with Crippen LogP contribution in [0.3, 0.4) is 0 Å². The van der Waals surface area contributed by atoms with Gasteiger partial charge in [0.2, 0.25) is 0 Å². The Hall–Kier alpha value is -2.56. The van der Waals surface area contributed by atoms with Gasteiger partial charge in [0, 0.05) is 23.5 Å². The molecule has 5 rings (SSSR count). The molecule has 1 saturated carbocycles. The molecule has 120 valence electrons. The lowest BCUT2D eigenvalue weighted by Gasteiger charge is -2.26. The molecule has 1 aromatic heterocycles. The van der Waals surface area contributed by atoms with Gasteiger partial charge in [-0.3, -0.25) is 4.79 Å². The van der Waals surface area contributed by atoms with Gasteiger partial charge >= 0.3 is 0 Å². The second kappa shape index (κ2) is 4.29. The maximum absolute atomic E-state index is 14.4. The van der Waals surface area contributed by atoms with E-state index < -0.39 is 17.5 Å². The highest BCUT2D eigenvalue weighted by molar-refractivity contribution is 5.93. The molecule has 3 aliphatic carbocycles. The number of halogens is 2. The molecule has 0 saturated heterocycles. The lowest BCUT2D eigenvalue weighted by Crippen LogP contribution is -2.18. The molecule has 5 heteroatoms. The number of nitrogens with two attached hydrogens (primary N) is 1. The molecule has 2 aromatic rings. The van der Waals surface area contributed by atoms with Gasteiger partial charge in [0.05, 0.1) is 5.69 Å². The molecule has 0 spiro atoms. The van der Waals surface area contributed by atoms with Crippen LogP contribution in [0.25, 0.3) is 11.1 Å². The average molecular weight is 324 g/mol. The summed E-state index contributed by atoms with van der Waals surface area (Å²) >= 11 is 0. The minimum absolute atomic E-state index is 0.134. The molecule has 3 aliphatic rings. The molecule has 0 bridgehead atoms. The first-order valence-electron chi connectivity index (χ1n) is 8.00. The van der Waals surface area contributed by atoms with E-state index in [1.807, 2.05) is 0 Å². The van der Waals surface area contributed by atoms with Gasteiger partial charge in [-0.1, -0.05) is 18.1 Å². The first-order valence-corrected chi connectivity index (χ1v) is 8.00. The Morgan fingerprint density at radius 1 is 1.25 bits per heavy atom. The lowest BCUT2D eigenvalue weighted by atomic mass is 9.79. The summed E-state index contributed by atoms with van der Waals surface area (Å²) in [6.07, 6.45) is 1.05. The second-order valence-corrected chi connectivity index (χ2v) is 6.83. The van der Waals surface area contributed by atoms with E-state index in [4.69, 9.17) is 5.73 Å². The number of amides is 1. The highest BCUT2D eigenvalue weighted by atomic mass is 19.1. The summed E-state index contributed by atoms with van der Waals surface area (Å²) in [6.45, 7) is 2.09. The Kier molecular flexibility index (Phi) is 2.47. The smallest absolute Gasteiger partial charge is 0.267 e. The SMILES string of the molecule is C[C@@H]1C2=C3C(C2)[C@H]3c2nc(C(N)=O)cc(-c3ccc(F)cc3F)c21. The van der Waals surface area contributed by atoms with E-state index >= 15 is 0 Å². The van der Waals surface area contributed by atoms with Crippen molar-refractivity contribution in [1.29, 1.82) is 0 Å². The zero-order valence-corrected chi connectivity index (χ0v) is 12.9. The number of rotatable bonds is 2. The third-order valence-corrected chi connectivity index (χ3v) is 5.65. The van der Waals surface area contributed by atoms with Gasteiger partial charge in [0.15, 0.2) is 0 Å². The average Bonchev–Trinajstić information content (AvgIpc) is 3.13. The van der Waals surface area contributed by atoms with Crippen LogP contribution in [0, 0.1) is 17.6 Å². The highest BCUT2D eigenvalue weighted by Crippen LogP contribution is 2.72. The van der Waals surface area contributed by atoms with Gasteiger partial charge < -0.3 is 5.73 Å². The van der Waals surface area contributed by atoms with Crippen molar-refractivity contribution >= 4 is 5.91 Å². The predicted molar refractivity (Wildman–Crippen MR) is 84.4 cm³/mol. The van der Waals surface area contributed by atoms with E-state index in [2.05, 4.69) is 11.9 Å². The molecule has 1 aromatic carbocycles. The van der Waals surface area contributed by atoms with Gasteiger partial charge in [0.25, 0.3) is 5.91 Å². The molecular weight excluding hydrogens is 310 g/mol. The van der Waals surface area contributed by atoms with E-state index in [0.29, 0.717) is 11.5 Å². The fraction of sp³-hybridized carbons (Fsp3) is 0.263. The summed E-state index contributed by atoms with van der Waals surface area (Å²) in [6, 6.07) is 5.05. The minimum atomic E-state index is -0.644. The van der Waals surface area contributed by atoms with Crippen LogP contribution in [-0.2, 0) is 0 Å². The highest BCUT2D eigenvalue weighted by Gasteiger charge is 2.60. The number of fused-ring (bicyclic) bond motifs is 3. The van der Waals surface area contributed by atoms with Crippen LogP contribution in [0.4, 0.5) is 8.78 Å². The van der Waals surface area contributed by atoms with Crippen LogP contribution >= 0.6 is 0 Å². The third kappa shape index (κ3) is 1.59. The molecule has 2 N–H and O–H groups in total. The maximum atomic E-state index is 14.4. The van der Waals surface area contributed by atoms with Crippen molar-refractivity contribution in [3.05, 3.63) is 64.0 Å². The fourth-order valence-corrected chi connectivity index (χ4v) is 4.47. The summed E-state index contributed by atoms with van der Waals surface area (Å²) in [5, 5.41) is 0. The number of allylic oxidation sites excluding steroid dienone is 2. The zero-order valence-electron chi connectivity index (χ0n) is 12.9. The number of nitrogens with zero attached hydrogens (tertiary/aromatic N) is 1.